The molecule has 10 heteroatoms. The molecular weight excluding hydrogens is 393 g/mol. The minimum atomic E-state index is -4.43. The number of amides is 1. The minimum absolute atomic E-state index is 0.340. The molecule has 1 aromatic carbocycles. The molecule has 3 rings (SSSR count). The van der Waals surface area contributed by atoms with Crippen molar-refractivity contribution in [2.24, 2.45) is 0 Å². The van der Waals surface area contributed by atoms with Crippen LogP contribution in [0.4, 0.5) is 23.8 Å². The van der Waals surface area contributed by atoms with Gasteiger partial charge in [0.25, 0.3) is 0 Å². The summed E-state index contributed by atoms with van der Waals surface area (Å²) in [6.45, 7) is 1.84. The minimum Gasteiger partial charge on any atom is -0.465 e. The Labute approximate surface area is 164 Å². The van der Waals surface area contributed by atoms with Crippen LogP contribution in [0.2, 0.25) is 0 Å². The molecule has 0 atom stereocenters. The van der Waals surface area contributed by atoms with Crippen LogP contribution in [0.1, 0.15) is 12.0 Å². The van der Waals surface area contributed by atoms with E-state index in [0.717, 1.165) is 12.1 Å². The molecule has 1 aliphatic heterocycles. The summed E-state index contributed by atoms with van der Waals surface area (Å²) in [5.74, 6) is 0.582. The molecule has 1 fully saturated rings. The topological polar surface area (TPSA) is 69.6 Å². The summed E-state index contributed by atoms with van der Waals surface area (Å²) < 4.78 is 39.1. The van der Waals surface area contributed by atoms with Gasteiger partial charge in [0.15, 0.2) is 5.16 Å². The molecule has 0 radical (unpaired) electrons. The number of aromatic nitrogens is 2. The Bertz CT molecular complexity index is 863. The summed E-state index contributed by atoms with van der Waals surface area (Å²) in [5.41, 5.74) is 0.0262. The van der Waals surface area contributed by atoms with Crippen molar-refractivity contribution in [3.8, 4) is 11.3 Å². The number of thioether (sulfide) groups is 1. The monoisotopic (exact) mass is 412 g/mol. The number of hydrogen-bond donors (Lipinski definition) is 1. The quantitative estimate of drug-likeness (QED) is 0.605. The average molecular weight is 412 g/mol. The molecule has 0 spiro atoms. The number of nitrogens with zero attached hydrogens (tertiary/aromatic N) is 4. The number of rotatable bonds is 3. The van der Waals surface area contributed by atoms with Crippen molar-refractivity contribution in [1.29, 1.82) is 0 Å². The molecule has 1 saturated heterocycles. The highest BCUT2D eigenvalue weighted by molar-refractivity contribution is 7.98. The first-order chi connectivity index (χ1) is 13.3. The Balaban J connectivity index is 1.94. The second kappa shape index (κ2) is 8.26. The van der Waals surface area contributed by atoms with Gasteiger partial charge in [-0.05, 0) is 24.8 Å². The molecule has 1 aromatic heterocycles. The first kappa shape index (κ1) is 20.2. The lowest BCUT2D eigenvalue weighted by atomic mass is 10.1. The van der Waals surface area contributed by atoms with Crippen molar-refractivity contribution >= 4 is 23.7 Å². The summed E-state index contributed by atoms with van der Waals surface area (Å²) in [4.78, 5) is 23.3. The zero-order valence-corrected chi connectivity index (χ0v) is 15.9. The van der Waals surface area contributed by atoms with E-state index in [0.29, 0.717) is 54.8 Å². The smallest absolute Gasteiger partial charge is 0.416 e. The molecule has 2 aromatic rings. The van der Waals surface area contributed by atoms with Crippen LogP contribution >= 0.6 is 11.8 Å². The van der Waals surface area contributed by atoms with Crippen molar-refractivity contribution in [2.45, 2.75) is 17.8 Å². The third-order valence-corrected chi connectivity index (χ3v) is 5.00. The van der Waals surface area contributed by atoms with Gasteiger partial charge in [0.05, 0.1) is 11.3 Å². The summed E-state index contributed by atoms with van der Waals surface area (Å²) in [7, 11) is 0. The first-order valence-corrected chi connectivity index (χ1v) is 9.84. The third-order valence-electron chi connectivity index (χ3n) is 4.45. The number of anilines is 1. The van der Waals surface area contributed by atoms with Gasteiger partial charge in [-0.2, -0.15) is 13.2 Å². The predicted molar refractivity (Wildman–Crippen MR) is 101 cm³/mol. The first-order valence-electron chi connectivity index (χ1n) is 8.61. The molecule has 28 heavy (non-hydrogen) atoms. The molecular formula is C18H19F3N4O2S. The number of benzene rings is 1. The SMILES string of the molecule is CSc1nc(-c2cccc(C(F)(F)F)c2)cc(N2CCCN(C(=O)O)CC2)n1. The van der Waals surface area contributed by atoms with E-state index < -0.39 is 17.8 Å². The predicted octanol–water partition coefficient (Wildman–Crippen LogP) is 4.07. The molecule has 1 aliphatic rings. The van der Waals surface area contributed by atoms with E-state index in [1.165, 1.54) is 22.7 Å². The highest BCUT2D eigenvalue weighted by Gasteiger charge is 2.30. The Morgan fingerprint density at radius 1 is 1.14 bits per heavy atom. The Morgan fingerprint density at radius 3 is 2.61 bits per heavy atom. The van der Waals surface area contributed by atoms with E-state index >= 15 is 0 Å². The van der Waals surface area contributed by atoms with Gasteiger partial charge < -0.3 is 14.9 Å². The fourth-order valence-electron chi connectivity index (χ4n) is 3.01. The molecule has 150 valence electrons. The lowest BCUT2D eigenvalue weighted by Crippen LogP contribution is -2.34. The van der Waals surface area contributed by atoms with Crippen LogP contribution in [-0.2, 0) is 6.18 Å². The van der Waals surface area contributed by atoms with E-state index in [1.807, 2.05) is 4.90 Å². The lowest BCUT2D eigenvalue weighted by molar-refractivity contribution is -0.137. The molecule has 2 heterocycles. The van der Waals surface area contributed by atoms with Crippen LogP contribution in [0, 0.1) is 0 Å². The van der Waals surface area contributed by atoms with Gasteiger partial charge in [-0.15, -0.1) is 0 Å². The maximum Gasteiger partial charge on any atom is 0.416 e. The van der Waals surface area contributed by atoms with Crippen LogP contribution in [-0.4, -0.2) is 58.5 Å². The Kier molecular flexibility index (Phi) is 5.97. The third kappa shape index (κ3) is 4.67. The fourth-order valence-corrected chi connectivity index (χ4v) is 3.38. The maximum atomic E-state index is 13.0. The van der Waals surface area contributed by atoms with E-state index in [1.54, 1.807) is 18.4 Å². The summed E-state index contributed by atoms with van der Waals surface area (Å²) in [5, 5.41) is 9.62. The second-order valence-electron chi connectivity index (χ2n) is 6.29. The highest BCUT2D eigenvalue weighted by Crippen LogP contribution is 2.33. The van der Waals surface area contributed by atoms with Gasteiger partial charge in [-0.25, -0.2) is 14.8 Å². The summed E-state index contributed by atoms with van der Waals surface area (Å²) in [6, 6.07) is 6.70. The molecule has 0 unspecified atom stereocenters. The molecule has 6 nitrogen and oxygen atoms in total. The zero-order chi connectivity index (χ0) is 20.3. The number of carboxylic acid groups (broad SMARTS) is 1. The van der Waals surface area contributed by atoms with Gasteiger partial charge in [0.2, 0.25) is 0 Å². The molecule has 0 bridgehead atoms. The Morgan fingerprint density at radius 2 is 1.93 bits per heavy atom. The van der Waals surface area contributed by atoms with Gasteiger partial charge >= 0.3 is 12.3 Å². The molecule has 1 N–H and O–H groups in total. The summed E-state index contributed by atoms with van der Waals surface area (Å²) in [6.07, 6.45) is -2.95. The highest BCUT2D eigenvalue weighted by atomic mass is 32.2. The van der Waals surface area contributed by atoms with Gasteiger partial charge in [0.1, 0.15) is 5.82 Å². The summed E-state index contributed by atoms with van der Waals surface area (Å²) >= 11 is 1.30. The van der Waals surface area contributed by atoms with Crippen LogP contribution in [0.25, 0.3) is 11.3 Å². The van der Waals surface area contributed by atoms with Crippen molar-refractivity contribution in [2.75, 3.05) is 37.3 Å². The molecule has 1 amide bonds. The number of hydrogen-bond acceptors (Lipinski definition) is 5. The zero-order valence-electron chi connectivity index (χ0n) is 15.1. The van der Waals surface area contributed by atoms with Crippen molar-refractivity contribution in [3.05, 3.63) is 35.9 Å². The second-order valence-corrected chi connectivity index (χ2v) is 7.06. The average Bonchev–Trinajstić information content (AvgIpc) is 2.93. The molecule has 0 saturated carbocycles. The van der Waals surface area contributed by atoms with Gasteiger partial charge in [-0.3, -0.25) is 0 Å². The van der Waals surface area contributed by atoms with E-state index in [-0.39, 0.29) is 0 Å². The number of halogens is 3. The van der Waals surface area contributed by atoms with E-state index in [9.17, 15) is 23.1 Å². The van der Waals surface area contributed by atoms with Crippen molar-refractivity contribution in [3.63, 3.8) is 0 Å². The van der Waals surface area contributed by atoms with E-state index in [2.05, 4.69) is 9.97 Å². The van der Waals surface area contributed by atoms with Crippen molar-refractivity contribution in [1.82, 2.24) is 14.9 Å². The normalized spacial score (nSPS) is 15.4. The Hall–Kier alpha value is -2.49. The fraction of sp³-hybridized carbons (Fsp3) is 0.389. The largest absolute Gasteiger partial charge is 0.465 e. The number of alkyl halides is 3. The van der Waals surface area contributed by atoms with Crippen LogP contribution in [0.15, 0.2) is 35.5 Å². The van der Waals surface area contributed by atoms with Crippen molar-refractivity contribution < 1.29 is 23.1 Å². The molecule has 0 aliphatic carbocycles. The van der Waals surface area contributed by atoms with Gasteiger partial charge in [-0.1, -0.05) is 23.9 Å². The maximum absolute atomic E-state index is 13.0. The standard InChI is InChI=1S/C18H19F3N4O2S/c1-28-16-22-14(12-4-2-5-13(10-12)18(19,20)21)11-15(23-16)24-6-3-7-25(9-8-24)17(26)27/h2,4-5,10-11H,3,6-9H2,1H3,(H,26,27). The van der Waals surface area contributed by atoms with Gasteiger partial charge in [0, 0.05) is 37.8 Å². The van der Waals surface area contributed by atoms with Crippen LogP contribution in [0.3, 0.4) is 0 Å². The van der Waals surface area contributed by atoms with Crippen LogP contribution < -0.4 is 4.90 Å². The van der Waals surface area contributed by atoms with Crippen LogP contribution in [0.5, 0.6) is 0 Å². The lowest BCUT2D eigenvalue weighted by Gasteiger charge is -2.22. The number of carbonyl (C=O) groups is 1. The van der Waals surface area contributed by atoms with E-state index in [4.69, 9.17) is 0 Å².